The number of hydrogen-bond donors (Lipinski definition) is 6. The van der Waals surface area contributed by atoms with Gasteiger partial charge in [-0.15, -0.1) is 0 Å². The normalized spacial score (nSPS) is 18.0. The number of aromatic nitrogens is 8. The molecule has 12 rings (SSSR count). The Bertz CT molecular complexity index is 4150. The van der Waals surface area contributed by atoms with E-state index in [0.717, 1.165) is 116 Å². The summed E-state index contributed by atoms with van der Waals surface area (Å²) in [4.78, 5) is 96.1. The summed E-state index contributed by atoms with van der Waals surface area (Å²) in [6, 6.07) is 19.0. The van der Waals surface area contributed by atoms with Crippen molar-refractivity contribution in [3.8, 4) is 29.5 Å². The Balaban J connectivity index is 0.000000155. The van der Waals surface area contributed by atoms with Gasteiger partial charge in [0.05, 0.1) is 51.0 Å². The number of ketones is 2. The van der Waals surface area contributed by atoms with Crippen LogP contribution in [-0.4, -0.2) is 160 Å². The molecule has 0 radical (unpaired) electrons. The summed E-state index contributed by atoms with van der Waals surface area (Å²) in [6.45, 7) is 15.6. The van der Waals surface area contributed by atoms with Crippen molar-refractivity contribution < 1.29 is 33.3 Å². The molecule has 4 aliphatic heterocycles. The highest BCUT2D eigenvalue weighted by atomic mass is 79.9. The fourth-order valence-electron chi connectivity index (χ4n) is 11.7. The zero-order chi connectivity index (χ0) is 67.1. The molecular weight excluding hydrogens is 1330 g/mol. The molecule has 0 unspecified atom stereocenters. The highest BCUT2D eigenvalue weighted by Crippen LogP contribution is 2.39. The van der Waals surface area contributed by atoms with E-state index in [1.807, 2.05) is 96.5 Å². The molecule has 0 spiro atoms. The van der Waals surface area contributed by atoms with Gasteiger partial charge in [-0.3, -0.25) is 29.0 Å². The van der Waals surface area contributed by atoms with Crippen LogP contribution in [0, 0.1) is 34.0 Å². The maximum Gasteiger partial charge on any atom is 0.498 e. The lowest BCUT2D eigenvalue weighted by molar-refractivity contribution is -0.131. The van der Waals surface area contributed by atoms with Crippen molar-refractivity contribution in [2.24, 2.45) is 0 Å². The first kappa shape index (κ1) is 69.3. The van der Waals surface area contributed by atoms with Crippen molar-refractivity contribution >= 4 is 124 Å². The number of piperidine rings is 3. The molecule has 12 heterocycles. The SMILES string of the molecule is CC1(C)OB(c2cnc3[nH]ccc3c2N[C@@H]2CCCN(C(=O)CC#N)C2)OC1(C)C.CCC(=O)c1ccnc(-c2cnc3[nH]ccc3c2N[C@@H]2CCCN(C(=O)CC#N)C2)c1.CCC(=O)c1ccnc(Br)c1.N#CCC(=O)N1CCC[C@@H](Nc2c(Br)cnc3[nH]ccc23)C1. The quantitative estimate of drug-likeness (QED) is 0.0315. The number of carbonyl (C=O) groups is 5. The van der Waals surface area contributed by atoms with Crippen LogP contribution in [-0.2, 0) is 23.7 Å². The summed E-state index contributed by atoms with van der Waals surface area (Å²) in [5, 5.41) is 40.0. The molecule has 3 amide bonds. The number of aromatic amines is 3. The number of hydrogen-bond acceptors (Lipinski definition) is 18. The van der Waals surface area contributed by atoms with Crippen LogP contribution in [0.5, 0.6) is 0 Å². The third-order valence-corrected chi connectivity index (χ3v) is 18.4. The van der Waals surface area contributed by atoms with Gasteiger partial charge in [0.2, 0.25) is 17.7 Å². The van der Waals surface area contributed by atoms with Gasteiger partial charge in [-0.25, -0.2) is 19.9 Å². The van der Waals surface area contributed by atoms with E-state index in [0.29, 0.717) is 61.4 Å². The second-order valence-corrected chi connectivity index (χ2v) is 25.9. The number of nitriles is 3. The molecule has 0 bridgehead atoms. The predicted octanol–water partition coefficient (Wildman–Crippen LogP) is 10.8. The number of nitrogens with zero attached hydrogens (tertiary/aromatic N) is 11. The average Bonchev–Trinajstić information content (AvgIpc) is 1.60. The van der Waals surface area contributed by atoms with Crippen molar-refractivity contribution in [2.45, 2.75) is 141 Å². The van der Waals surface area contributed by atoms with Crippen molar-refractivity contribution in [1.29, 1.82) is 15.8 Å². The zero-order valence-corrected chi connectivity index (χ0v) is 56.7. The minimum Gasteiger partial charge on any atom is -0.399 e. The largest absolute Gasteiger partial charge is 0.498 e. The Labute approximate surface area is 562 Å². The highest BCUT2D eigenvalue weighted by molar-refractivity contribution is 9.10. The van der Waals surface area contributed by atoms with Crippen molar-refractivity contribution in [1.82, 2.24) is 54.6 Å². The van der Waals surface area contributed by atoms with Gasteiger partial charge in [-0.1, -0.05) is 13.8 Å². The van der Waals surface area contributed by atoms with E-state index in [9.17, 15) is 24.0 Å². The standard InChI is InChI=1S/C23H24N6O2.C21H28BN5O3.C15H16BrN5O.C8H8BrNO/c1-2-20(30)15-6-9-25-19(12-15)18-13-27-23-17(7-10-26-23)22(18)28-16-4-3-11-29(14-16)21(31)5-8-24;1-20(2)21(3,4)30-22(29-20)16-12-25-19-15(8-10-24-19)18(16)26-14-6-5-11-27(13-14)17(28)7-9-23;16-12-8-19-15-11(4-6-18-15)14(12)20-10-2-1-7-21(9-10)13(22)3-5-17;1-2-7(11)6-3-4-10-8(9)5-6/h6-7,9-10,12-13,16H,2-5,11,14H2,1H3,(H2,26,27,28);8,10,12,14H,5-7,11,13H2,1-4H3,(H2,24,25,26);4,6,8,10H,1-3,7,9H2,(H2,18,19,20);3-5H,2H2,1H3/t16-;14-;10-;/m111./s1. The lowest BCUT2D eigenvalue weighted by Crippen LogP contribution is -2.46. The van der Waals surface area contributed by atoms with Crippen LogP contribution in [0.25, 0.3) is 44.4 Å². The second-order valence-electron chi connectivity index (χ2n) is 24.2. The Hall–Kier alpha value is -9.07. The summed E-state index contributed by atoms with van der Waals surface area (Å²) in [5.41, 5.74) is 7.91. The number of amides is 3. The Morgan fingerprint density at radius 1 is 0.574 bits per heavy atom. The number of H-pyrrole nitrogens is 3. The number of rotatable bonds is 15. The van der Waals surface area contributed by atoms with Crippen LogP contribution in [0.1, 0.15) is 133 Å². The molecule has 8 aromatic heterocycles. The minimum absolute atomic E-state index is 0.0381. The molecule has 3 atom stereocenters. The molecule has 0 aliphatic carbocycles. The number of nitrogens with one attached hydrogen (secondary N) is 6. The van der Waals surface area contributed by atoms with Crippen molar-refractivity contribution in [3.05, 3.63) is 112 Å². The maximum absolute atomic E-state index is 12.2. The monoisotopic (exact) mass is 1400 g/mol. The average molecular weight is 1400 g/mol. The molecule has 8 aromatic rings. The van der Waals surface area contributed by atoms with E-state index in [1.165, 1.54) is 0 Å². The summed E-state index contributed by atoms with van der Waals surface area (Å²) < 4.78 is 14.2. The van der Waals surface area contributed by atoms with Crippen molar-refractivity contribution in [3.63, 3.8) is 0 Å². The molecule has 24 nitrogen and oxygen atoms in total. The Morgan fingerprint density at radius 3 is 1.46 bits per heavy atom. The van der Waals surface area contributed by atoms with Gasteiger partial charge >= 0.3 is 7.12 Å². The van der Waals surface area contributed by atoms with Gasteiger partial charge < -0.3 is 54.9 Å². The molecule has 4 saturated heterocycles. The molecule has 0 saturated carbocycles. The van der Waals surface area contributed by atoms with Gasteiger partial charge in [0.25, 0.3) is 0 Å². The van der Waals surface area contributed by atoms with Gasteiger partial charge in [0, 0.05) is 164 Å². The highest BCUT2D eigenvalue weighted by Gasteiger charge is 2.53. The zero-order valence-electron chi connectivity index (χ0n) is 53.5. The third-order valence-electron chi connectivity index (χ3n) is 17.4. The summed E-state index contributed by atoms with van der Waals surface area (Å²) in [7, 11) is -0.538. The van der Waals surface area contributed by atoms with Gasteiger partial charge in [-0.2, -0.15) is 15.8 Å². The Kier molecular flexibility index (Phi) is 23.4. The van der Waals surface area contributed by atoms with Crippen molar-refractivity contribution in [2.75, 3.05) is 55.2 Å². The van der Waals surface area contributed by atoms with Crippen LogP contribution >= 0.6 is 31.9 Å². The van der Waals surface area contributed by atoms with E-state index in [-0.39, 0.29) is 66.7 Å². The number of pyridine rings is 5. The van der Waals surface area contributed by atoms with E-state index < -0.39 is 18.3 Å². The molecule has 6 N–H and O–H groups in total. The lowest BCUT2D eigenvalue weighted by atomic mass is 9.78. The molecule has 4 aliphatic rings. The van der Waals surface area contributed by atoms with Crippen LogP contribution < -0.4 is 21.4 Å². The minimum atomic E-state index is -0.538. The number of fused-ring (bicyclic) bond motifs is 3. The van der Waals surface area contributed by atoms with E-state index in [2.05, 4.69) is 87.7 Å². The summed E-state index contributed by atoms with van der Waals surface area (Å²) in [6.07, 6.45) is 20.4. The number of anilines is 3. The van der Waals surface area contributed by atoms with Crippen LogP contribution in [0.2, 0.25) is 0 Å². The third kappa shape index (κ3) is 16.8. The fourth-order valence-corrected chi connectivity index (χ4v) is 12.5. The van der Waals surface area contributed by atoms with Gasteiger partial charge in [0.1, 0.15) is 40.8 Å². The number of halogens is 2. The van der Waals surface area contributed by atoms with Gasteiger partial charge in [0.15, 0.2) is 11.6 Å². The Morgan fingerprint density at radius 2 is 0.989 bits per heavy atom. The molecule has 0 aromatic carbocycles. The fraction of sp³-hybridized carbons (Fsp3) is 0.418. The molecule has 27 heteroatoms. The first-order valence-electron chi connectivity index (χ1n) is 31.5. The molecule has 94 heavy (non-hydrogen) atoms. The van der Waals surface area contributed by atoms with E-state index >= 15 is 0 Å². The van der Waals surface area contributed by atoms with Crippen LogP contribution in [0.4, 0.5) is 17.1 Å². The first-order chi connectivity index (χ1) is 45.2. The topological polar surface area (TPSA) is 333 Å². The van der Waals surface area contributed by atoms with Gasteiger partial charge in [-0.05, 0) is 141 Å². The predicted molar refractivity (Wildman–Crippen MR) is 366 cm³/mol. The smallest absolute Gasteiger partial charge is 0.399 e. The van der Waals surface area contributed by atoms with E-state index in [1.54, 1.807) is 69.9 Å². The maximum atomic E-state index is 12.2. The van der Waals surface area contributed by atoms with Crippen LogP contribution in [0.3, 0.4) is 0 Å². The van der Waals surface area contributed by atoms with Crippen LogP contribution in [0.15, 0.2) is 101 Å². The number of likely N-dealkylation sites (tertiary alicyclic amines) is 3. The summed E-state index contributed by atoms with van der Waals surface area (Å²) >= 11 is 6.73. The molecule has 488 valence electrons. The number of carbonyl (C=O) groups excluding carboxylic acids is 5. The molecular formula is C67H76BBr2N17O7. The van der Waals surface area contributed by atoms with E-state index in [4.69, 9.17) is 25.1 Å². The first-order valence-corrected chi connectivity index (χ1v) is 33.1. The summed E-state index contributed by atoms with van der Waals surface area (Å²) in [5.74, 6) is -0.129. The molecule has 4 fully saturated rings. The number of Topliss-reactive ketones (excluding diaryl/α,β-unsaturated/α-hetero) is 2. The lowest BCUT2D eigenvalue weighted by Gasteiger charge is -2.34. The second kappa shape index (κ2) is 31.7.